The Balaban J connectivity index is 2.12. The normalized spacial score (nSPS) is 11.8. The molecular formula is C28H33N3O6S. The molecule has 38 heavy (non-hydrogen) atoms. The first kappa shape index (κ1) is 28.5. The molecule has 3 aromatic rings. The highest BCUT2D eigenvalue weighted by atomic mass is 32.2. The molecule has 0 saturated carbocycles. The van der Waals surface area contributed by atoms with E-state index in [-0.39, 0.29) is 28.8 Å². The Morgan fingerprint density at radius 2 is 1.61 bits per heavy atom. The van der Waals surface area contributed by atoms with E-state index in [0.717, 1.165) is 15.4 Å². The van der Waals surface area contributed by atoms with Crippen LogP contribution in [0.3, 0.4) is 0 Å². The van der Waals surface area contributed by atoms with Crippen molar-refractivity contribution in [3.05, 3.63) is 83.9 Å². The molecule has 0 aromatic heterocycles. The van der Waals surface area contributed by atoms with Crippen molar-refractivity contribution in [3.8, 4) is 11.5 Å². The number of sulfonamides is 1. The van der Waals surface area contributed by atoms with Crippen molar-refractivity contribution in [2.75, 3.05) is 32.1 Å². The van der Waals surface area contributed by atoms with Crippen molar-refractivity contribution in [1.82, 2.24) is 10.2 Å². The number of ether oxygens (including phenoxy) is 2. The highest BCUT2D eigenvalue weighted by Crippen LogP contribution is 2.36. The quantitative estimate of drug-likeness (QED) is 0.401. The first-order valence-electron chi connectivity index (χ1n) is 12.0. The van der Waals surface area contributed by atoms with E-state index in [0.29, 0.717) is 5.75 Å². The lowest BCUT2D eigenvalue weighted by atomic mass is 10.1. The molecule has 10 heteroatoms. The number of hydrogen-bond donors (Lipinski definition) is 1. The highest BCUT2D eigenvalue weighted by molar-refractivity contribution is 7.92. The monoisotopic (exact) mass is 539 g/mol. The molecule has 0 radical (unpaired) electrons. The van der Waals surface area contributed by atoms with Gasteiger partial charge in [-0.15, -0.1) is 0 Å². The zero-order chi connectivity index (χ0) is 27.9. The zero-order valence-electron chi connectivity index (χ0n) is 22.2. The summed E-state index contributed by atoms with van der Waals surface area (Å²) in [6, 6.07) is 19.4. The summed E-state index contributed by atoms with van der Waals surface area (Å²) >= 11 is 0. The molecule has 9 nitrogen and oxygen atoms in total. The summed E-state index contributed by atoms with van der Waals surface area (Å²) < 4.78 is 39.7. The number of rotatable bonds is 11. The van der Waals surface area contributed by atoms with Gasteiger partial charge in [0.25, 0.3) is 10.0 Å². The number of carbonyl (C=O) groups excluding carboxylic acids is 2. The molecule has 0 unspecified atom stereocenters. The summed E-state index contributed by atoms with van der Waals surface area (Å²) in [6.07, 6.45) is 0. The van der Waals surface area contributed by atoms with E-state index < -0.39 is 28.5 Å². The molecule has 1 N–H and O–H groups in total. The summed E-state index contributed by atoms with van der Waals surface area (Å²) in [5, 5.41) is 2.56. The third-order valence-electron chi connectivity index (χ3n) is 6.15. The minimum absolute atomic E-state index is 0.00901. The number of nitrogens with one attached hydrogen (secondary N) is 1. The first-order chi connectivity index (χ1) is 18.1. The fourth-order valence-electron chi connectivity index (χ4n) is 3.91. The molecule has 0 bridgehead atoms. The molecule has 0 aliphatic carbocycles. The number of aryl methyl sites for hydroxylation is 1. The van der Waals surface area contributed by atoms with E-state index >= 15 is 0 Å². The average Bonchev–Trinajstić information content (AvgIpc) is 2.94. The maximum atomic E-state index is 14.0. The van der Waals surface area contributed by atoms with E-state index in [1.54, 1.807) is 31.2 Å². The van der Waals surface area contributed by atoms with Gasteiger partial charge in [-0.05, 0) is 43.7 Å². The van der Waals surface area contributed by atoms with Crippen molar-refractivity contribution in [2.24, 2.45) is 0 Å². The molecule has 3 aromatic carbocycles. The van der Waals surface area contributed by atoms with Gasteiger partial charge in [0.1, 0.15) is 24.1 Å². The average molecular weight is 540 g/mol. The summed E-state index contributed by atoms with van der Waals surface area (Å²) in [5.41, 5.74) is 1.82. The molecule has 0 aliphatic heterocycles. The number of methoxy groups -OCH3 is 2. The largest absolute Gasteiger partial charge is 0.497 e. The summed E-state index contributed by atoms with van der Waals surface area (Å²) in [7, 11) is 0.130. The summed E-state index contributed by atoms with van der Waals surface area (Å²) in [6.45, 7) is 2.99. The van der Waals surface area contributed by atoms with Gasteiger partial charge in [-0.1, -0.05) is 48.0 Å². The predicted octanol–water partition coefficient (Wildman–Crippen LogP) is 3.37. The number of likely N-dealkylation sites (N-methyl/N-ethyl adjacent to an activating group) is 1. The fraction of sp³-hybridized carbons (Fsp3) is 0.286. The standard InChI is InChI=1S/C28H33N3O6S/c1-20-11-14-24(15-12-20)38(34,35)31(25-17-23(36-4)13-16-26(25)37-5)19-27(32)30(21(2)28(33)29-3)18-22-9-7-6-8-10-22/h6-17,21H,18-19H2,1-5H3,(H,29,33)/t21-/m0/s1. The third-order valence-corrected chi connectivity index (χ3v) is 7.93. The minimum atomic E-state index is -4.23. The van der Waals surface area contributed by atoms with Crippen LogP contribution < -0.4 is 19.1 Å². The minimum Gasteiger partial charge on any atom is -0.497 e. The number of amides is 2. The number of carbonyl (C=O) groups is 2. The van der Waals surface area contributed by atoms with Crippen LogP contribution in [-0.2, 0) is 26.2 Å². The molecule has 0 aliphatic rings. The lowest BCUT2D eigenvalue weighted by Crippen LogP contribution is -2.50. The van der Waals surface area contributed by atoms with Gasteiger partial charge >= 0.3 is 0 Å². The molecule has 202 valence electrons. The van der Waals surface area contributed by atoms with Gasteiger partial charge in [0.05, 0.1) is 24.8 Å². The predicted molar refractivity (Wildman–Crippen MR) is 146 cm³/mol. The first-order valence-corrected chi connectivity index (χ1v) is 13.4. The van der Waals surface area contributed by atoms with Gasteiger partial charge in [0, 0.05) is 19.7 Å². The van der Waals surface area contributed by atoms with Crippen LogP contribution in [-0.4, -0.2) is 59.0 Å². The summed E-state index contributed by atoms with van der Waals surface area (Å²) in [5.74, 6) is -0.313. The Kier molecular flexibility index (Phi) is 9.35. The second-order valence-electron chi connectivity index (χ2n) is 8.66. The third kappa shape index (κ3) is 6.44. The van der Waals surface area contributed by atoms with Crippen LogP contribution in [0.15, 0.2) is 77.7 Å². The van der Waals surface area contributed by atoms with Crippen LogP contribution in [0, 0.1) is 6.92 Å². The molecule has 0 saturated heterocycles. The zero-order valence-corrected chi connectivity index (χ0v) is 23.0. The van der Waals surface area contributed by atoms with Gasteiger partial charge in [-0.25, -0.2) is 8.42 Å². The Morgan fingerprint density at radius 3 is 2.18 bits per heavy atom. The van der Waals surface area contributed by atoms with Crippen LogP contribution in [0.4, 0.5) is 5.69 Å². The Labute approximate surface area is 224 Å². The van der Waals surface area contributed by atoms with E-state index in [1.165, 1.54) is 44.4 Å². The van der Waals surface area contributed by atoms with Crippen molar-refractivity contribution in [3.63, 3.8) is 0 Å². The van der Waals surface area contributed by atoms with Crippen LogP contribution in [0.2, 0.25) is 0 Å². The fourth-order valence-corrected chi connectivity index (χ4v) is 5.33. The second-order valence-corrected chi connectivity index (χ2v) is 10.5. The van der Waals surface area contributed by atoms with Crippen molar-refractivity contribution >= 4 is 27.5 Å². The molecule has 0 heterocycles. The maximum Gasteiger partial charge on any atom is 0.264 e. The van der Waals surface area contributed by atoms with Crippen LogP contribution in [0.5, 0.6) is 11.5 Å². The van der Waals surface area contributed by atoms with Crippen molar-refractivity contribution in [2.45, 2.75) is 31.3 Å². The van der Waals surface area contributed by atoms with Crippen LogP contribution >= 0.6 is 0 Å². The van der Waals surface area contributed by atoms with E-state index in [4.69, 9.17) is 9.47 Å². The van der Waals surface area contributed by atoms with E-state index in [2.05, 4.69) is 5.32 Å². The number of benzene rings is 3. The Morgan fingerprint density at radius 1 is 0.947 bits per heavy atom. The van der Waals surface area contributed by atoms with Gasteiger partial charge in [-0.2, -0.15) is 0 Å². The summed E-state index contributed by atoms with van der Waals surface area (Å²) in [4.78, 5) is 27.8. The van der Waals surface area contributed by atoms with Gasteiger partial charge < -0.3 is 19.7 Å². The van der Waals surface area contributed by atoms with E-state index in [1.807, 2.05) is 37.3 Å². The second kappa shape index (κ2) is 12.5. The molecule has 2 amide bonds. The molecule has 0 fully saturated rings. The lowest BCUT2D eigenvalue weighted by Gasteiger charge is -2.32. The number of anilines is 1. The number of nitrogens with zero attached hydrogens (tertiary/aromatic N) is 2. The van der Waals surface area contributed by atoms with Gasteiger partial charge in [0.2, 0.25) is 11.8 Å². The smallest absolute Gasteiger partial charge is 0.264 e. The van der Waals surface area contributed by atoms with Crippen LogP contribution in [0.25, 0.3) is 0 Å². The Hall–Kier alpha value is -4.05. The van der Waals surface area contributed by atoms with Gasteiger partial charge in [0.15, 0.2) is 0 Å². The van der Waals surface area contributed by atoms with Crippen LogP contribution in [0.1, 0.15) is 18.1 Å². The molecule has 3 rings (SSSR count). The Bertz CT molecular complexity index is 1360. The van der Waals surface area contributed by atoms with Crippen molar-refractivity contribution < 1.29 is 27.5 Å². The van der Waals surface area contributed by atoms with E-state index in [9.17, 15) is 18.0 Å². The van der Waals surface area contributed by atoms with Gasteiger partial charge in [-0.3, -0.25) is 13.9 Å². The maximum absolute atomic E-state index is 14.0. The topological polar surface area (TPSA) is 105 Å². The lowest BCUT2D eigenvalue weighted by molar-refractivity contribution is -0.139. The molecular weight excluding hydrogens is 506 g/mol. The molecule has 0 spiro atoms. The highest BCUT2D eigenvalue weighted by Gasteiger charge is 2.34. The SMILES string of the molecule is CNC(=O)[C@H](C)N(Cc1ccccc1)C(=O)CN(c1cc(OC)ccc1OC)S(=O)(=O)c1ccc(C)cc1. The van der Waals surface area contributed by atoms with Crippen molar-refractivity contribution in [1.29, 1.82) is 0 Å². The number of hydrogen-bond acceptors (Lipinski definition) is 6. The molecule has 1 atom stereocenters.